The fourth-order valence-corrected chi connectivity index (χ4v) is 1.77. The molecule has 0 aromatic heterocycles. The van der Waals surface area contributed by atoms with Crippen LogP contribution in [0.5, 0.6) is 0 Å². The van der Waals surface area contributed by atoms with E-state index in [0.29, 0.717) is 0 Å². The second-order valence-electron chi connectivity index (χ2n) is 4.60. The number of carbonyl (C=O) groups excluding carboxylic acids is 1. The zero-order valence-corrected chi connectivity index (χ0v) is 12.4. The standard InChI is InChI=1S/C13H28N2O3/c1-6-14-13(3,12(16)17-5)8-9-15(4)10-11-18-7-2/h14H,6-11H2,1-5H3. The molecule has 1 atom stereocenters. The number of ether oxygens (including phenoxy) is 2. The van der Waals surface area contributed by atoms with Crippen LogP contribution in [0.15, 0.2) is 0 Å². The Bertz CT molecular complexity index is 236. The Morgan fingerprint density at radius 2 is 2.00 bits per heavy atom. The van der Waals surface area contributed by atoms with Gasteiger partial charge in [0.2, 0.25) is 0 Å². The van der Waals surface area contributed by atoms with Crippen molar-refractivity contribution in [2.24, 2.45) is 0 Å². The van der Waals surface area contributed by atoms with E-state index >= 15 is 0 Å². The molecule has 0 heterocycles. The highest BCUT2D eigenvalue weighted by molar-refractivity contribution is 5.80. The number of methoxy groups -OCH3 is 1. The summed E-state index contributed by atoms with van der Waals surface area (Å²) in [6, 6.07) is 0. The second kappa shape index (κ2) is 9.30. The first-order chi connectivity index (χ1) is 8.50. The molecule has 0 aromatic rings. The van der Waals surface area contributed by atoms with E-state index in [1.807, 2.05) is 27.8 Å². The average Bonchev–Trinajstić information content (AvgIpc) is 2.36. The van der Waals surface area contributed by atoms with Gasteiger partial charge < -0.3 is 19.7 Å². The predicted molar refractivity (Wildman–Crippen MR) is 72.7 cm³/mol. The van der Waals surface area contributed by atoms with Crippen molar-refractivity contribution in [2.45, 2.75) is 32.7 Å². The molecule has 1 unspecified atom stereocenters. The second-order valence-corrected chi connectivity index (χ2v) is 4.60. The minimum Gasteiger partial charge on any atom is -0.468 e. The van der Waals surface area contributed by atoms with Crippen molar-refractivity contribution in [2.75, 3.05) is 47.0 Å². The first kappa shape index (κ1) is 17.4. The third-order valence-electron chi connectivity index (χ3n) is 3.02. The molecule has 0 amide bonds. The van der Waals surface area contributed by atoms with E-state index in [2.05, 4.69) is 10.2 Å². The molecule has 0 aliphatic heterocycles. The minimum absolute atomic E-state index is 0.206. The third kappa shape index (κ3) is 6.33. The molecule has 0 aliphatic rings. The van der Waals surface area contributed by atoms with Gasteiger partial charge in [0.25, 0.3) is 0 Å². The molecule has 0 radical (unpaired) electrons. The van der Waals surface area contributed by atoms with Crippen LogP contribution < -0.4 is 5.32 Å². The first-order valence-corrected chi connectivity index (χ1v) is 6.59. The van der Waals surface area contributed by atoms with Gasteiger partial charge in [-0.3, -0.25) is 4.79 Å². The number of likely N-dealkylation sites (N-methyl/N-ethyl adjacent to an activating group) is 2. The molecular weight excluding hydrogens is 232 g/mol. The molecule has 0 aromatic carbocycles. The van der Waals surface area contributed by atoms with Gasteiger partial charge in [-0.2, -0.15) is 0 Å². The van der Waals surface area contributed by atoms with Gasteiger partial charge in [-0.15, -0.1) is 0 Å². The molecule has 5 nitrogen and oxygen atoms in total. The number of nitrogens with one attached hydrogen (secondary N) is 1. The highest BCUT2D eigenvalue weighted by atomic mass is 16.5. The van der Waals surface area contributed by atoms with Crippen LogP contribution in [0.1, 0.15) is 27.2 Å². The van der Waals surface area contributed by atoms with Crippen LogP contribution in [-0.4, -0.2) is 63.4 Å². The zero-order chi connectivity index (χ0) is 14.0. The van der Waals surface area contributed by atoms with Crippen molar-refractivity contribution < 1.29 is 14.3 Å². The van der Waals surface area contributed by atoms with Crippen LogP contribution >= 0.6 is 0 Å². The molecule has 0 saturated carbocycles. The highest BCUT2D eigenvalue weighted by Gasteiger charge is 2.33. The van der Waals surface area contributed by atoms with Crippen LogP contribution in [-0.2, 0) is 14.3 Å². The van der Waals surface area contributed by atoms with E-state index in [0.717, 1.165) is 39.3 Å². The molecule has 0 rings (SSSR count). The summed E-state index contributed by atoms with van der Waals surface area (Å²) < 4.78 is 10.2. The molecule has 108 valence electrons. The first-order valence-electron chi connectivity index (χ1n) is 6.59. The van der Waals surface area contributed by atoms with Crippen molar-refractivity contribution in [1.82, 2.24) is 10.2 Å². The van der Waals surface area contributed by atoms with Crippen molar-refractivity contribution in [1.29, 1.82) is 0 Å². The lowest BCUT2D eigenvalue weighted by Gasteiger charge is -2.29. The van der Waals surface area contributed by atoms with E-state index < -0.39 is 5.54 Å². The smallest absolute Gasteiger partial charge is 0.325 e. The lowest BCUT2D eigenvalue weighted by molar-refractivity contribution is -0.148. The summed E-state index contributed by atoms with van der Waals surface area (Å²) in [6.45, 7) is 9.77. The topological polar surface area (TPSA) is 50.8 Å². The predicted octanol–water partition coefficient (Wildman–Crippen LogP) is 0.886. The largest absolute Gasteiger partial charge is 0.468 e. The minimum atomic E-state index is -0.608. The summed E-state index contributed by atoms with van der Waals surface area (Å²) in [5.41, 5.74) is -0.608. The summed E-state index contributed by atoms with van der Waals surface area (Å²) in [6.07, 6.45) is 0.718. The monoisotopic (exact) mass is 260 g/mol. The van der Waals surface area contributed by atoms with E-state index in [4.69, 9.17) is 9.47 Å². The van der Waals surface area contributed by atoms with Crippen LogP contribution in [0.25, 0.3) is 0 Å². The zero-order valence-electron chi connectivity index (χ0n) is 12.4. The summed E-state index contributed by atoms with van der Waals surface area (Å²) in [5.74, 6) is -0.206. The van der Waals surface area contributed by atoms with Crippen molar-refractivity contribution in [3.8, 4) is 0 Å². The van der Waals surface area contributed by atoms with E-state index in [1.165, 1.54) is 7.11 Å². The SMILES string of the molecule is CCNC(C)(CCN(C)CCOCC)C(=O)OC. The van der Waals surface area contributed by atoms with Crippen LogP contribution in [0, 0.1) is 0 Å². The fourth-order valence-electron chi connectivity index (χ4n) is 1.77. The van der Waals surface area contributed by atoms with Gasteiger partial charge in [-0.1, -0.05) is 6.92 Å². The van der Waals surface area contributed by atoms with Gasteiger partial charge in [-0.25, -0.2) is 0 Å². The highest BCUT2D eigenvalue weighted by Crippen LogP contribution is 2.12. The number of hydrogen-bond acceptors (Lipinski definition) is 5. The molecular formula is C13H28N2O3. The maximum Gasteiger partial charge on any atom is 0.325 e. The van der Waals surface area contributed by atoms with Gasteiger partial charge in [0, 0.05) is 19.7 Å². The van der Waals surface area contributed by atoms with Crippen molar-refractivity contribution in [3.05, 3.63) is 0 Å². The number of esters is 1. The van der Waals surface area contributed by atoms with Crippen LogP contribution in [0.4, 0.5) is 0 Å². The number of carbonyl (C=O) groups is 1. The molecule has 1 N–H and O–H groups in total. The molecule has 5 heteroatoms. The van der Waals surface area contributed by atoms with E-state index in [9.17, 15) is 4.79 Å². The van der Waals surface area contributed by atoms with Gasteiger partial charge in [-0.05, 0) is 33.9 Å². The van der Waals surface area contributed by atoms with Crippen molar-refractivity contribution in [3.63, 3.8) is 0 Å². The third-order valence-corrected chi connectivity index (χ3v) is 3.02. The molecule has 0 spiro atoms. The molecule has 0 bridgehead atoms. The molecule has 18 heavy (non-hydrogen) atoms. The van der Waals surface area contributed by atoms with E-state index in [-0.39, 0.29) is 5.97 Å². The van der Waals surface area contributed by atoms with Gasteiger partial charge >= 0.3 is 5.97 Å². The van der Waals surface area contributed by atoms with Crippen molar-refractivity contribution >= 4 is 5.97 Å². The Hall–Kier alpha value is -0.650. The Morgan fingerprint density at radius 3 is 2.50 bits per heavy atom. The maximum atomic E-state index is 11.8. The number of rotatable bonds is 10. The Kier molecular flexibility index (Phi) is 8.97. The summed E-state index contributed by atoms with van der Waals surface area (Å²) in [4.78, 5) is 13.9. The normalized spacial score (nSPS) is 14.6. The lowest BCUT2D eigenvalue weighted by Crippen LogP contribution is -2.51. The van der Waals surface area contributed by atoms with Gasteiger partial charge in [0.15, 0.2) is 0 Å². The maximum absolute atomic E-state index is 11.8. The fraction of sp³-hybridized carbons (Fsp3) is 0.923. The quantitative estimate of drug-likeness (QED) is 0.467. The Balaban J connectivity index is 4.14. The van der Waals surface area contributed by atoms with Gasteiger partial charge in [0.1, 0.15) is 5.54 Å². The average molecular weight is 260 g/mol. The summed E-state index contributed by atoms with van der Waals surface area (Å²) in [5, 5.41) is 3.20. The lowest BCUT2D eigenvalue weighted by atomic mass is 9.97. The summed E-state index contributed by atoms with van der Waals surface area (Å²) >= 11 is 0. The molecule has 0 saturated heterocycles. The van der Waals surface area contributed by atoms with Crippen LogP contribution in [0.3, 0.4) is 0 Å². The van der Waals surface area contributed by atoms with Gasteiger partial charge in [0.05, 0.1) is 13.7 Å². The van der Waals surface area contributed by atoms with E-state index in [1.54, 1.807) is 0 Å². The number of hydrogen-bond donors (Lipinski definition) is 1. The Labute approximate surface area is 111 Å². The summed E-state index contributed by atoms with van der Waals surface area (Å²) in [7, 11) is 3.46. The van der Waals surface area contributed by atoms with Crippen LogP contribution in [0.2, 0.25) is 0 Å². The molecule has 0 aliphatic carbocycles. The number of nitrogens with zero attached hydrogens (tertiary/aromatic N) is 1. The Morgan fingerprint density at radius 1 is 1.33 bits per heavy atom. The molecule has 0 fully saturated rings.